The maximum absolute atomic E-state index is 12.1. The lowest BCUT2D eigenvalue weighted by Crippen LogP contribution is -2.51. The van der Waals surface area contributed by atoms with Gasteiger partial charge in [0.15, 0.2) is 0 Å². The molecular formula is C18H28N2O2. The van der Waals surface area contributed by atoms with Crippen molar-refractivity contribution in [3.63, 3.8) is 0 Å². The van der Waals surface area contributed by atoms with Gasteiger partial charge in [0.05, 0.1) is 13.2 Å². The highest BCUT2D eigenvalue weighted by Crippen LogP contribution is 2.12. The van der Waals surface area contributed by atoms with E-state index >= 15 is 0 Å². The van der Waals surface area contributed by atoms with Crippen LogP contribution < -0.4 is 5.32 Å². The second-order valence-electron chi connectivity index (χ2n) is 6.25. The van der Waals surface area contributed by atoms with Crippen LogP contribution in [0.15, 0.2) is 30.3 Å². The molecule has 2 rings (SSSR count). The van der Waals surface area contributed by atoms with Crippen molar-refractivity contribution >= 4 is 5.91 Å². The van der Waals surface area contributed by atoms with E-state index in [0.717, 1.165) is 39.3 Å². The summed E-state index contributed by atoms with van der Waals surface area (Å²) in [7, 11) is 0. The molecule has 0 spiro atoms. The van der Waals surface area contributed by atoms with Crippen molar-refractivity contribution in [2.75, 3.05) is 32.8 Å². The van der Waals surface area contributed by atoms with Crippen molar-refractivity contribution < 1.29 is 9.53 Å². The molecule has 1 unspecified atom stereocenters. The van der Waals surface area contributed by atoms with E-state index < -0.39 is 0 Å². The van der Waals surface area contributed by atoms with Crippen molar-refractivity contribution in [3.05, 3.63) is 35.9 Å². The van der Waals surface area contributed by atoms with Gasteiger partial charge in [-0.2, -0.15) is 0 Å². The Hall–Kier alpha value is -1.39. The molecule has 1 fully saturated rings. The molecule has 1 aliphatic heterocycles. The van der Waals surface area contributed by atoms with Gasteiger partial charge in [-0.05, 0) is 17.9 Å². The fraction of sp³-hybridized carbons (Fsp3) is 0.611. The van der Waals surface area contributed by atoms with Crippen LogP contribution in [-0.2, 0) is 16.0 Å². The monoisotopic (exact) mass is 304 g/mol. The Bertz CT molecular complexity index is 442. The zero-order valence-corrected chi connectivity index (χ0v) is 13.8. The Kier molecular flexibility index (Phi) is 6.87. The third-order valence-electron chi connectivity index (χ3n) is 4.28. The number of ether oxygens (including phenoxy) is 1. The van der Waals surface area contributed by atoms with Crippen LogP contribution in [0, 0.1) is 5.92 Å². The molecule has 1 heterocycles. The molecule has 1 aliphatic rings. The standard InChI is InChI=1S/C18H28N2O2/c1-15(2)17(20-10-12-22-13-11-20)14-19-18(21)9-8-16-6-4-3-5-7-16/h3-7,15,17H,8-14H2,1-2H3,(H,19,21). The third-order valence-corrected chi connectivity index (χ3v) is 4.28. The maximum atomic E-state index is 12.1. The fourth-order valence-corrected chi connectivity index (χ4v) is 2.90. The average Bonchev–Trinajstić information content (AvgIpc) is 2.55. The van der Waals surface area contributed by atoms with Gasteiger partial charge in [0, 0.05) is 32.1 Å². The van der Waals surface area contributed by atoms with Crippen LogP contribution in [0.5, 0.6) is 0 Å². The predicted molar refractivity (Wildman–Crippen MR) is 88.8 cm³/mol. The van der Waals surface area contributed by atoms with E-state index in [1.165, 1.54) is 5.56 Å². The first kappa shape index (κ1) is 17.0. The van der Waals surface area contributed by atoms with Crippen LogP contribution in [0.4, 0.5) is 0 Å². The Balaban J connectivity index is 1.75. The first-order valence-corrected chi connectivity index (χ1v) is 8.29. The van der Waals surface area contributed by atoms with Gasteiger partial charge >= 0.3 is 0 Å². The summed E-state index contributed by atoms with van der Waals surface area (Å²) in [6.45, 7) is 8.68. The van der Waals surface area contributed by atoms with Crippen molar-refractivity contribution in [3.8, 4) is 0 Å². The number of carbonyl (C=O) groups excluding carboxylic acids is 1. The first-order chi connectivity index (χ1) is 10.7. The van der Waals surface area contributed by atoms with E-state index in [1.807, 2.05) is 18.2 Å². The van der Waals surface area contributed by atoms with Crippen molar-refractivity contribution in [2.45, 2.75) is 32.7 Å². The van der Waals surface area contributed by atoms with Gasteiger partial charge in [-0.1, -0.05) is 44.2 Å². The summed E-state index contributed by atoms with van der Waals surface area (Å²) in [5.74, 6) is 0.662. The van der Waals surface area contributed by atoms with Crippen LogP contribution in [0.2, 0.25) is 0 Å². The predicted octanol–water partition coefficient (Wildman–Crippen LogP) is 2.09. The molecule has 122 valence electrons. The zero-order chi connectivity index (χ0) is 15.8. The number of hydrogen-bond donors (Lipinski definition) is 1. The molecule has 1 aromatic carbocycles. The molecule has 22 heavy (non-hydrogen) atoms. The van der Waals surface area contributed by atoms with Crippen LogP contribution in [0.25, 0.3) is 0 Å². The van der Waals surface area contributed by atoms with Crippen LogP contribution >= 0.6 is 0 Å². The maximum Gasteiger partial charge on any atom is 0.220 e. The minimum Gasteiger partial charge on any atom is -0.379 e. The smallest absolute Gasteiger partial charge is 0.220 e. The summed E-state index contributed by atoms with van der Waals surface area (Å²) in [4.78, 5) is 14.5. The molecule has 1 saturated heterocycles. The molecule has 0 aromatic heterocycles. The second kappa shape index (κ2) is 8.91. The Morgan fingerprint density at radius 3 is 2.55 bits per heavy atom. The minimum absolute atomic E-state index is 0.141. The molecule has 4 nitrogen and oxygen atoms in total. The molecule has 0 bridgehead atoms. The van der Waals surface area contributed by atoms with Crippen LogP contribution in [-0.4, -0.2) is 49.7 Å². The Labute approximate surface area is 133 Å². The highest BCUT2D eigenvalue weighted by molar-refractivity contribution is 5.76. The largest absolute Gasteiger partial charge is 0.379 e. The summed E-state index contributed by atoms with van der Waals surface area (Å²) in [6.07, 6.45) is 1.36. The second-order valence-corrected chi connectivity index (χ2v) is 6.25. The number of morpholine rings is 1. The summed E-state index contributed by atoms with van der Waals surface area (Å²) < 4.78 is 5.41. The lowest BCUT2D eigenvalue weighted by Gasteiger charge is -2.36. The molecule has 0 saturated carbocycles. The van der Waals surface area contributed by atoms with Crippen LogP contribution in [0.3, 0.4) is 0 Å². The van der Waals surface area contributed by atoms with Crippen molar-refractivity contribution in [2.24, 2.45) is 5.92 Å². The Morgan fingerprint density at radius 1 is 1.23 bits per heavy atom. The summed E-state index contributed by atoms with van der Waals surface area (Å²) in [6, 6.07) is 10.6. The van der Waals surface area contributed by atoms with E-state index in [-0.39, 0.29) is 5.91 Å². The van der Waals surface area contributed by atoms with Gasteiger partial charge in [-0.15, -0.1) is 0 Å². The lowest BCUT2D eigenvalue weighted by atomic mass is 10.0. The average molecular weight is 304 g/mol. The van der Waals surface area contributed by atoms with E-state index in [2.05, 4.69) is 36.2 Å². The number of aryl methyl sites for hydroxylation is 1. The number of nitrogens with zero attached hydrogens (tertiary/aromatic N) is 1. The SMILES string of the molecule is CC(C)C(CNC(=O)CCc1ccccc1)N1CCOCC1. The molecule has 0 radical (unpaired) electrons. The number of amides is 1. The molecule has 1 N–H and O–H groups in total. The normalized spacial score (nSPS) is 17.4. The van der Waals surface area contributed by atoms with Gasteiger partial charge < -0.3 is 10.1 Å². The van der Waals surface area contributed by atoms with Gasteiger partial charge in [-0.25, -0.2) is 0 Å². The first-order valence-electron chi connectivity index (χ1n) is 8.29. The number of benzene rings is 1. The van der Waals surface area contributed by atoms with E-state index in [9.17, 15) is 4.79 Å². The van der Waals surface area contributed by atoms with Gasteiger partial charge in [0.1, 0.15) is 0 Å². The summed E-state index contributed by atoms with van der Waals surface area (Å²) in [5.41, 5.74) is 1.21. The third kappa shape index (κ3) is 5.43. The molecule has 1 aromatic rings. The number of nitrogens with one attached hydrogen (secondary N) is 1. The van der Waals surface area contributed by atoms with Gasteiger partial charge in [0.2, 0.25) is 5.91 Å². The summed E-state index contributed by atoms with van der Waals surface area (Å²) in [5, 5.41) is 3.11. The number of rotatable bonds is 7. The van der Waals surface area contributed by atoms with Crippen molar-refractivity contribution in [1.29, 1.82) is 0 Å². The van der Waals surface area contributed by atoms with E-state index in [0.29, 0.717) is 18.4 Å². The highest BCUT2D eigenvalue weighted by Gasteiger charge is 2.24. The van der Waals surface area contributed by atoms with Gasteiger partial charge in [0.25, 0.3) is 0 Å². The van der Waals surface area contributed by atoms with Crippen molar-refractivity contribution in [1.82, 2.24) is 10.2 Å². The molecule has 0 aliphatic carbocycles. The molecule has 1 atom stereocenters. The van der Waals surface area contributed by atoms with Crippen LogP contribution in [0.1, 0.15) is 25.8 Å². The molecular weight excluding hydrogens is 276 g/mol. The molecule has 1 amide bonds. The highest BCUT2D eigenvalue weighted by atomic mass is 16.5. The summed E-state index contributed by atoms with van der Waals surface area (Å²) >= 11 is 0. The number of hydrogen-bond acceptors (Lipinski definition) is 3. The quantitative estimate of drug-likeness (QED) is 0.839. The topological polar surface area (TPSA) is 41.6 Å². The Morgan fingerprint density at radius 2 is 1.91 bits per heavy atom. The number of carbonyl (C=O) groups is 1. The van der Waals surface area contributed by atoms with E-state index in [1.54, 1.807) is 0 Å². The zero-order valence-electron chi connectivity index (χ0n) is 13.8. The van der Waals surface area contributed by atoms with E-state index in [4.69, 9.17) is 4.74 Å². The van der Waals surface area contributed by atoms with Gasteiger partial charge in [-0.3, -0.25) is 9.69 Å². The fourth-order valence-electron chi connectivity index (χ4n) is 2.90. The molecule has 4 heteroatoms. The minimum atomic E-state index is 0.141. The lowest BCUT2D eigenvalue weighted by molar-refractivity contribution is -0.121.